The lowest BCUT2D eigenvalue weighted by atomic mass is 9.94. The van der Waals surface area contributed by atoms with Crippen LogP contribution in [0.1, 0.15) is 32.1 Å². The number of nitrogens with zero attached hydrogens (tertiary/aromatic N) is 3. The van der Waals surface area contributed by atoms with E-state index < -0.39 is 0 Å². The molecule has 1 atom stereocenters. The second-order valence-electron chi connectivity index (χ2n) is 7.52. The van der Waals surface area contributed by atoms with Crippen LogP contribution in [0.3, 0.4) is 0 Å². The number of halogens is 1. The lowest BCUT2D eigenvalue weighted by molar-refractivity contribution is -0.127. The SMILES string of the molecule is O=C(NC1CCC(Sc2ncccn2)CC1)C1CC(=O)N(c2cccc(Cl)c2)C1. The van der Waals surface area contributed by atoms with Gasteiger partial charge in [0.2, 0.25) is 11.8 Å². The minimum Gasteiger partial charge on any atom is -0.353 e. The second kappa shape index (κ2) is 9.13. The third-order valence-electron chi connectivity index (χ3n) is 5.45. The first-order chi connectivity index (χ1) is 14.1. The fourth-order valence-electron chi connectivity index (χ4n) is 3.92. The van der Waals surface area contributed by atoms with E-state index in [1.807, 2.05) is 18.2 Å². The molecule has 8 heteroatoms. The van der Waals surface area contributed by atoms with Gasteiger partial charge < -0.3 is 10.2 Å². The molecule has 2 amide bonds. The molecule has 29 heavy (non-hydrogen) atoms. The summed E-state index contributed by atoms with van der Waals surface area (Å²) in [5, 5.41) is 5.04. The molecule has 1 aromatic carbocycles. The van der Waals surface area contributed by atoms with E-state index in [0.717, 1.165) is 36.5 Å². The first kappa shape index (κ1) is 20.2. The Morgan fingerprint density at radius 3 is 2.62 bits per heavy atom. The van der Waals surface area contributed by atoms with E-state index in [9.17, 15) is 9.59 Å². The molecule has 0 radical (unpaired) electrons. The third-order valence-corrected chi connectivity index (χ3v) is 6.91. The number of hydrogen-bond donors (Lipinski definition) is 1. The van der Waals surface area contributed by atoms with Gasteiger partial charge in [-0.2, -0.15) is 0 Å². The van der Waals surface area contributed by atoms with Crippen LogP contribution in [0.5, 0.6) is 0 Å². The molecule has 1 aliphatic carbocycles. The number of carbonyl (C=O) groups is 2. The molecule has 2 aliphatic rings. The van der Waals surface area contributed by atoms with E-state index in [0.29, 0.717) is 16.8 Å². The van der Waals surface area contributed by atoms with Crippen molar-refractivity contribution < 1.29 is 9.59 Å². The molecule has 1 aliphatic heterocycles. The number of anilines is 1. The van der Waals surface area contributed by atoms with Gasteiger partial charge in [0.05, 0.1) is 5.92 Å². The Morgan fingerprint density at radius 2 is 1.90 bits per heavy atom. The zero-order valence-corrected chi connectivity index (χ0v) is 17.5. The molecule has 0 spiro atoms. The van der Waals surface area contributed by atoms with Gasteiger partial charge in [-0.25, -0.2) is 9.97 Å². The minimum atomic E-state index is -0.314. The van der Waals surface area contributed by atoms with Crippen LogP contribution in [0.25, 0.3) is 0 Å². The molecule has 1 aromatic heterocycles. The molecule has 0 bridgehead atoms. The summed E-state index contributed by atoms with van der Waals surface area (Å²) in [6.07, 6.45) is 7.68. The minimum absolute atomic E-state index is 0.0228. The maximum absolute atomic E-state index is 12.7. The molecule has 2 fully saturated rings. The summed E-state index contributed by atoms with van der Waals surface area (Å²) in [4.78, 5) is 35.3. The predicted octanol–water partition coefficient (Wildman–Crippen LogP) is 3.70. The fraction of sp³-hybridized carbons (Fsp3) is 0.429. The zero-order valence-electron chi connectivity index (χ0n) is 16.0. The monoisotopic (exact) mass is 430 g/mol. The molecule has 1 N–H and O–H groups in total. The number of amides is 2. The van der Waals surface area contributed by atoms with Gasteiger partial charge >= 0.3 is 0 Å². The molecule has 2 aromatic rings. The number of thioether (sulfide) groups is 1. The van der Waals surface area contributed by atoms with Crippen LogP contribution in [0.4, 0.5) is 5.69 Å². The van der Waals surface area contributed by atoms with E-state index in [4.69, 9.17) is 11.6 Å². The number of nitrogens with one attached hydrogen (secondary N) is 1. The third kappa shape index (κ3) is 5.08. The van der Waals surface area contributed by atoms with E-state index in [2.05, 4.69) is 15.3 Å². The summed E-state index contributed by atoms with van der Waals surface area (Å²) in [6, 6.07) is 9.18. The molecule has 2 heterocycles. The number of hydrogen-bond acceptors (Lipinski definition) is 5. The standard InChI is InChI=1S/C21H23ClN4O2S/c22-15-3-1-4-17(12-15)26-13-14(11-19(26)27)20(28)25-16-5-7-18(8-6-16)29-21-23-9-2-10-24-21/h1-4,9-10,12,14,16,18H,5-8,11,13H2,(H,25,28). The van der Waals surface area contributed by atoms with Crippen molar-refractivity contribution in [2.24, 2.45) is 5.92 Å². The highest BCUT2D eigenvalue weighted by atomic mass is 35.5. The maximum atomic E-state index is 12.7. The average Bonchev–Trinajstić information content (AvgIpc) is 3.12. The summed E-state index contributed by atoms with van der Waals surface area (Å²) >= 11 is 7.75. The summed E-state index contributed by atoms with van der Waals surface area (Å²) in [5.74, 6) is -0.368. The molecule has 6 nitrogen and oxygen atoms in total. The summed E-state index contributed by atoms with van der Waals surface area (Å²) < 4.78 is 0. The van der Waals surface area contributed by atoms with E-state index in [1.165, 1.54) is 0 Å². The van der Waals surface area contributed by atoms with Crippen molar-refractivity contribution in [2.45, 2.75) is 48.6 Å². The highest BCUT2D eigenvalue weighted by molar-refractivity contribution is 7.99. The average molecular weight is 431 g/mol. The second-order valence-corrected chi connectivity index (χ2v) is 9.22. The Labute approximate surface area is 179 Å². The van der Waals surface area contributed by atoms with Gasteiger partial charge in [0.25, 0.3) is 0 Å². The molecule has 152 valence electrons. The van der Waals surface area contributed by atoms with Crippen molar-refractivity contribution in [3.8, 4) is 0 Å². The summed E-state index contributed by atoms with van der Waals surface area (Å²) in [6.45, 7) is 0.404. The van der Waals surface area contributed by atoms with E-state index >= 15 is 0 Å². The number of aromatic nitrogens is 2. The van der Waals surface area contributed by atoms with Crippen LogP contribution in [0, 0.1) is 5.92 Å². The van der Waals surface area contributed by atoms with Gasteiger partial charge in [0, 0.05) is 47.4 Å². The zero-order chi connectivity index (χ0) is 20.2. The Hall–Kier alpha value is -2.12. The lowest BCUT2D eigenvalue weighted by Gasteiger charge is -2.29. The summed E-state index contributed by atoms with van der Waals surface area (Å²) in [7, 11) is 0. The molecular weight excluding hydrogens is 408 g/mol. The lowest BCUT2D eigenvalue weighted by Crippen LogP contribution is -2.42. The van der Waals surface area contributed by atoms with Crippen LogP contribution in [0.2, 0.25) is 5.02 Å². The van der Waals surface area contributed by atoms with Crippen LogP contribution in [-0.4, -0.2) is 39.6 Å². The molecule has 1 saturated heterocycles. The van der Waals surface area contributed by atoms with Gasteiger partial charge in [0.15, 0.2) is 5.16 Å². The molecule has 4 rings (SSSR count). The Balaban J connectivity index is 1.26. The number of carbonyl (C=O) groups excluding carboxylic acids is 2. The quantitative estimate of drug-likeness (QED) is 0.732. The topological polar surface area (TPSA) is 75.2 Å². The van der Waals surface area contributed by atoms with Gasteiger partial charge in [-0.05, 0) is 49.9 Å². The smallest absolute Gasteiger partial charge is 0.227 e. The normalized spacial score (nSPS) is 24.5. The van der Waals surface area contributed by atoms with Crippen molar-refractivity contribution in [1.29, 1.82) is 0 Å². The predicted molar refractivity (Wildman–Crippen MR) is 114 cm³/mol. The number of benzene rings is 1. The highest BCUT2D eigenvalue weighted by Gasteiger charge is 2.36. The number of rotatable bonds is 5. The maximum Gasteiger partial charge on any atom is 0.227 e. The molecular formula is C21H23ClN4O2S. The largest absolute Gasteiger partial charge is 0.353 e. The van der Waals surface area contributed by atoms with E-state index in [1.54, 1.807) is 41.2 Å². The summed E-state index contributed by atoms with van der Waals surface area (Å²) in [5.41, 5.74) is 0.749. The van der Waals surface area contributed by atoms with Gasteiger partial charge in [-0.15, -0.1) is 0 Å². The van der Waals surface area contributed by atoms with Gasteiger partial charge in [-0.1, -0.05) is 29.4 Å². The Morgan fingerprint density at radius 1 is 1.14 bits per heavy atom. The van der Waals surface area contributed by atoms with Crippen LogP contribution in [0.15, 0.2) is 47.9 Å². The van der Waals surface area contributed by atoms with Crippen molar-refractivity contribution in [3.63, 3.8) is 0 Å². The van der Waals surface area contributed by atoms with Crippen molar-refractivity contribution in [1.82, 2.24) is 15.3 Å². The fourth-order valence-corrected chi connectivity index (χ4v) is 5.15. The van der Waals surface area contributed by atoms with Crippen molar-refractivity contribution >= 4 is 40.9 Å². The van der Waals surface area contributed by atoms with E-state index in [-0.39, 0.29) is 30.2 Å². The first-order valence-corrected chi connectivity index (χ1v) is 11.1. The van der Waals surface area contributed by atoms with Crippen LogP contribution >= 0.6 is 23.4 Å². The van der Waals surface area contributed by atoms with Gasteiger partial charge in [-0.3, -0.25) is 9.59 Å². The Bertz CT molecular complexity index is 874. The highest BCUT2D eigenvalue weighted by Crippen LogP contribution is 2.32. The van der Waals surface area contributed by atoms with Gasteiger partial charge in [0.1, 0.15) is 0 Å². The Kier molecular flexibility index (Phi) is 6.35. The van der Waals surface area contributed by atoms with Crippen molar-refractivity contribution in [3.05, 3.63) is 47.7 Å². The van der Waals surface area contributed by atoms with Crippen molar-refractivity contribution in [2.75, 3.05) is 11.4 Å². The first-order valence-electron chi connectivity index (χ1n) is 9.88. The van der Waals surface area contributed by atoms with Crippen LogP contribution in [-0.2, 0) is 9.59 Å². The molecule has 1 saturated carbocycles. The van der Waals surface area contributed by atoms with Crippen LogP contribution < -0.4 is 10.2 Å². The molecule has 1 unspecified atom stereocenters.